The molecule has 0 fully saturated rings. The van der Waals surface area contributed by atoms with Crippen LogP contribution in [0.25, 0.3) is 0 Å². The van der Waals surface area contributed by atoms with Crippen LogP contribution in [0.4, 0.5) is 0 Å². The minimum absolute atomic E-state index is 0.150. The van der Waals surface area contributed by atoms with Crippen LogP contribution >= 0.6 is 0 Å². The van der Waals surface area contributed by atoms with Gasteiger partial charge in [0, 0.05) is 6.61 Å². The fourth-order valence-electron chi connectivity index (χ4n) is 1.05. The number of nitrogens with zero attached hydrogens (tertiary/aromatic N) is 1. The number of aliphatic hydroxyl groups excluding tert-OH is 1. The summed E-state index contributed by atoms with van der Waals surface area (Å²) in [5.74, 6) is 0.714. The van der Waals surface area contributed by atoms with Crippen molar-refractivity contribution < 1.29 is 15.1 Å². The molecule has 0 unspecified atom stereocenters. The number of hydrogen-bond donors (Lipinski definition) is 2. The average Bonchev–Trinajstić information content (AvgIpc) is 2.21. The Bertz CT molecular complexity index is 282. The normalized spacial score (nSPS) is 10.6. The van der Waals surface area contributed by atoms with Gasteiger partial charge in [0.1, 0.15) is 12.4 Å². The summed E-state index contributed by atoms with van der Waals surface area (Å²) in [4.78, 5) is 0. The van der Waals surface area contributed by atoms with Crippen LogP contribution in [0.5, 0.6) is 5.75 Å². The standard InChI is InChI=1S/C10H13NO3/c12-7-5-9-1-3-10(4-2-9)14-8-6-11-13/h1-4,6,12-13H,5,7-8H2. The molecule has 1 rings (SSSR count). The van der Waals surface area contributed by atoms with Crippen LogP contribution in [0.15, 0.2) is 29.4 Å². The second-order valence-corrected chi connectivity index (χ2v) is 2.73. The van der Waals surface area contributed by atoms with Crippen molar-refractivity contribution in [3.8, 4) is 5.75 Å². The summed E-state index contributed by atoms with van der Waals surface area (Å²) in [6.45, 7) is 0.396. The molecule has 0 saturated carbocycles. The largest absolute Gasteiger partial charge is 0.488 e. The maximum Gasteiger partial charge on any atom is 0.127 e. The van der Waals surface area contributed by atoms with E-state index in [1.165, 1.54) is 6.21 Å². The second-order valence-electron chi connectivity index (χ2n) is 2.73. The van der Waals surface area contributed by atoms with Gasteiger partial charge in [-0.15, -0.1) is 0 Å². The third kappa shape index (κ3) is 3.45. The minimum Gasteiger partial charge on any atom is -0.488 e. The zero-order chi connectivity index (χ0) is 10.2. The molecule has 0 heterocycles. The van der Waals surface area contributed by atoms with E-state index in [0.717, 1.165) is 5.56 Å². The molecule has 0 spiro atoms. The summed E-state index contributed by atoms with van der Waals surface area (Å²) in [5.41, 5.74) is 1.07. The summed E-state index contributed by atoms with van der Waals surface area (Å²) in [6, 6.07) is 7.41. The summed E-state index contributed by atoms with van der Waals surface area (Å²) >= 11 is 0. The minimum atomic E-state index is 0.150. The van der Waals surface area contributed by atoms with Crippen molar-refractivity contribution in [3.05, 3.63) is 29.8 Å². The number of benzene rings is 1. The Morgan fingerprint density at radius 1 is 1.29 bits per heavy atom. The number of oxime groups is 1. The smallest absolute Gasteiger partial charge is 0.127 e. The van der Waals surface area contributed by atoms with Crippen LogP contribution in [0, 0.1) is 0 Å². The predicted molar refractivity (Wildman–Crippen MR) is 53.0 cm³/mol. The van der Waals surface area contributed by atoms with Gasteiger partial charge in [0.15, 0.2) is 0 Å². The molecule has 0 atom stereocenters. The first-order valence-electron chi connectivity index (χ1n) is 4.35. The van der Waals surface area contributed by atoms with Crippen molar-refractivity contribution in [3.63, 3.8) is 0 Å². The predicted octanol–water partition coefficient (Wildman–Crippen LogP) is 1.06. The van der Waals surface area contributed by atoms with Crippen LogP contribution in [-0.4, -0.2) is 29.7 Å². The lowest BCUT2D eigenvalue weighted by atomic mass is 10.1. The molecule has 2 N–H and O–H groups in total. The van der Waals surface area contributed by atoms with E-state index in [-0.39, 0.29) is 13.2 Å². The molecular weight excluding hydrogens is 182 g/mol. The molecule has 0 aliphatic carbocycles. The molecule has 1 aromatic rings. The Kier molecular flexibility index (Phi) is 4.50. The van der Waals surface area contributed by atoms with Gasteiger partial charge in [-0.3, -0.25) is 0 Å². The van der Waals surface area contributed by atoms with E-state index < -0.39 is 0 Å². The first-order valence-corrected chi connectivity index (χ1v) is 4.35. The fourth-order valence-corrected chi connectivity index (χ4v) is 1.05. The summed E-state index contributed by atoms with van der Waals surface area (Å²) in [5, 5.41) is 19.6. The van der Waals surface area contributed by atoms with Gasteiger partial charge in [0.25, 0.3) is 0 Å². The number of ether oxygens (including phenoxy) is 1. The zero-order valence-corrected chi connectivity index (χ0v) is 7.76. The van der Waals surface area contributed by atoms with Crippen LogP contribution in [-0.2, 0) is 6.42 Å². The average molecular weight is 195 g/mol. The first kappa shape index (κ1) is 10.5. The molecule has 0 amide bonds. The molecule has 0 saturated heterocycles. The van der Waals surface area contributed by atoms with Crippen molar-refractivity contribution in [1.29, 1.82) is 0 Å². The van der Waals surface area contributed by atoms with Crippen molar-refractivity contribution in [2.24, 2.45) is 5.16 Å². The molecule has 1 aromatic carbocycles. The van der Waals surface area contributed by atoms with Crippen LogP contribution in [0.2, 0.25) is 0 Å². The highest BCUT2D eigenvalue weighted by Crippen LogP contribution is 2.11. The second kappa shape index (κ2) is 5.99. The van der Waals surface area contributed by atoms with E-state index in [9.17, 15) is 0 Å². The maximum atomic E-state index is 8.69. The Labute approximate surface area is 82.4 Å². The van der Waals surface area contributed by atoms with Gasteiger partial charge in [0.2, 0.25) is 0 Å². The lowest BCUT2D eigenvalue weighted by Crippen LogP contribution is -1.98. The molecule has 0 aliphatic heterocycles. The molecule has 0 bridgehead atoms. The number of hydrogen-bond acceptors (Lipinski definition) is 4. The lowest BCUT2D eigenvalue weighted by molar-refractivity contribution is 0.299. The molecular formula is C10H13NO3. The van der Waals surface area contributed by atoms with Crippen molar-refractivity contribution in [2.75, 3.05) is 13.2 Å². The van der Waals surface area contributed by atoms with Crippen molar-refractivity contribution >= 4 is 6.21 Å². The van der Waals surface area contributed by atoms with E-state index in [2.05, 4.69) is 5.16 Å². The van der Waals surface area contributed by atoms with Crippen LogP contribution in [0.3, 0.4) is 0 Å². The molecule has 0 radical (unpaired) electrons. The topological polar surface area (TPSA) is 62.0 Å². The fraction of sp³-hybridized carbons (Fsp3) is 0.300. The summed E-state index contributed by atoms with van der Waals surface area (Å²) in [6.07, 6.45) is 1.92. The van der Waals surface area contributed by atoms with E-state index >= 15 is 0 Å². The van der Waals surface area contributed by atoms with Crippen LogP contribution < -0.4 is 4.74 Å². The Morgan fingerprint density at radius 2 is 2.00 bits per heavy atom. The summed E-state index contributed by atoms with van der Waals surface area (Å²) in [7, 11) is 0. The highest BCUT2D eigenvalue weighted by atomic mass is 16.5. The first-order chi connectivity index (χ1) is 6.86. The SMILES string of the molecule is OCCc1ccc(OCC=NO)cc1. The van der Waals surface area contributed by atoms with E-state index in [1.54, 1.807) is 0 Å². The molecule has 0 aromatic heterocycles. The maximum absolute atomic E-state index is 8.69. The van der Waals surface area contributed by atoms with E-state index in [0.29, 0.717) is 12.2 Å². The number of aliphatic hydroxyl groups is 1. The highest BCUT2D eigenvalue weighted by molar-refractivity contribution is 5.58. The molecule has 4 nitrogen and oxygen atoms in total. The van der Waals surface area contributed by atoms with E-state index in [1.807, 2.05) is 24.3 Å². The monoisotopic (exact) mass is 195 g/mol. The number of rotatable bonds is 5. The molecule has 4 heteroatoms. The zero-order valence-electron chi connectivity index (χ0n) is 7.76. The molecule has 14 heavy (non-hydrogen) atoms. The van der Waals surface area contributed by atoms with Gasteiger partial charge in [0.05, 0.1) is 6.21 Å². The Balaban J connectivity index is 2.46. The van der Waals surface area contributed by atoms with Crippen molar-refractivity contribution in [2.45, 2.75) is 6.42 Å². The third-order valence-corrected chi connectivity index (χ3v) is 1.73. The van der Waals surface area contributed by atoms with Gasteiger partial charge >= 0.3 is 0 Å². The highest BCUT2D eigenvalue weighted by Gasteiger charge is 1.93. The van der Waals surface area contributed by atoms with Gasteiger partial charge < -0.3 is 15.1 Å². The van der Waals surface area contributed by atoms with Crippen LogP contribution in [0.1, 0.15) is 5.56 Å². The van der Waals surface area contributed by atoms with Gasteiger partial charge in [-0.1, -0.05) is 17.3 Å². The summed E-state index contributed by atoms with van der Waals surface area (Å²) < 4.78 is 5.21. The van der Waals surface area contributed by atoms with Gasteiger partial charge in [-0.25, -0.2) is 0 Å². The quantitative estimate of drug-likeness (QED) is 0.419. The van der Waals surface area contributed by atoms with E-state index in [4.69, 9.17) is 15.1 Å². The van der Waals surface area contributed by atoms with Crippen molar-refractivity contribution in [1.82, 2.24) is 0 Å². The Morgan fingerprint density at radius 3 is 2.57 bits per heavy atom. The van der Waals surface area contributed by atoms with Gasteiger partial charge in [-0.05, 0) is 24.1 Å². The molecule has 0 aliphatic rings. The lowest BCUT2D eigenvalue weighted by Gasteiger charge is -2.03. The van der Waals surface area contributed by atoms with Gasteiger partial charge in [-0.2, -0.15) is 0 Å². The third-order valence-electron chi connectivity index (χ3n) is 1.73. The molecule has 76 valence electrons. The Hall–Kier alpha value is -1.55.